The van der Waals surface area contributed by atoms with E-state index in [4.69, 9.17) is 14.6 Å². The molecular formula is C24H29NO6. The Labute approximate surface area is 182 Å². The van der Waals surface area contributed by atoms with Gasteiger partial charge in [0.2, 0.25) is 0 Å². The van der Waals surface area contributed by atoms with Gasteiger partial charge in [0, 0.05) is 0 Å². The van der Waals surface area contributed by atoms with Crippen LogP contribution >= 0.6 is 0 Å². The topological polar surface area (TPSA) is 102 Å². The van der Waals surface area contributed by atoms with Gasteiger partial charge in [0.05, 0.1) is 12.2 Å². The predicted molar refractivity (Wildman–Crippen MR) is 116 cm³/mol. The third-order valence-corrected chi connectivity index (χ3v) is 5.01. The van der Waals surface area contributed by atoms with Crippen molar-refractivity contribution in [3.05, 3.63) is 71.3 Å². The minimum atomic E-state index is -0.966. The highest BCUT2D eigenvalue weighted by Crippen LogP contribution is 2.12. The Morgan fingerprint density at radius 2 is 1.65 bits per heavy atom. The van der Waals surface area contributed by atoms with Gasteiger partial charge in [-0.05, 0) is 42.0 Å². The number of alkyl carbamates (subject to hydrolysis) is 1. The number of carboxylic acid groups (broad SMARTS) is 1. The SMILES string of the molecule is CC[C@H](C)[C@H](NC(=O)OCc1ccccc1)C(=O)OCCCc1ccc(C(=O)O)cc1. The van der Waals surface area contributed by atoms with Crippen molar-refractivity contribution in [2.75, 3.05) is 6.61 Å². The average molecular weight is 427 g/mol. The lowest BCUT2D eigenvalue weighted by Crippen LogP contribution is -2.46. The van der Waals surface area contributed by atoms with E-state index in [-0.39, 0.29) is 24.7 Å². The molecule has 2 rings (SSSR count). The number of aromatic carboxylic acids is 1. The van der Waals surface area contributed by atoms with Crippen LogP contribution in [0.3, 0.4) is 0 Å². The van der Waals surface area contributed by atoms with Crippen LogP contribution < -0.4 is 5.32 Å². The maximum atomic E-state index is 12.5. The van der Waals surface area contributed by atoms with Gasteiger partial charge in [-0.15, -0.1) is 0 Å². The molecular weight excluding hydrogens is 398 g/mol. The van der Waals surface area contributed by atoms with Crippen molar-refractivity contribution in [1.82, 2.24) is 5.32 Å². The van der Waals surface area contributed by atoms with Gasteiger partial charge in [-0.2, -0.15) is 0 Å². The first-order valence-corrected chi connectivity index (χ1v) is 10.4. The summed E-state index contributed by atoms with van der Waals surface area (Å²) in [6.07, 6.45) is 1.26. The first kappa shape index (κ1) is 23.9. The van der Waals surface area contributed by atoms with Crippen LogP contribution in [0.1, 0.15) is 48.2 Å². The second-order valence-electron chi connectivity index (χ2n) is 7.34. The van der Waals surface area contributed by atoms with Crippen LogP contribution in [0.2, 0.25) is 0 Å². The molecule has 2 aromatic carbocycles. The molecule has 0 aromatic heterocycles. The molecule has 0 saturated heterocycles. The number of carbonyl (C=O) groups excluding carboxylic acids is 2. The van der Waals surface area contributed by atoms with Crippen molar-refractivity contribution in [3.8, 4) is 0 Å². The Morgan fingerprint density at radius 3 is 2.26 bits per heavy atom. The summed E-state index contributed by atoms with van der Waals surface area (Å²) in [5.41, 5.74) is 2.05. The molecule has 2 aromatic rings. The molecule has 31 heavy (non-hydrogen) atoms. The molecule has 0 aliphatic heterocycles. The number of hydrogen-bond donors (Lipinski definition) is 2. The lowest BCUT2D eigenvalue weighted by atomic mass is 9.99. The Kier molecular flexibility index (Phi) is 9.55. The van der Waals surface area contributed by atoms with E-state index in [1.807, 2.05) is 44.2 Å². The fourth-order valence-electron chi connectivity index (χ4n) is 2.91. The minimum Gasteiger partial charge on any atom is -0.478 e. The van der Waals surface area contributed by atoms with Crippen LogP contribution in [0.25, 0.3) is 0 Å². The Bertz CT molecular complexity index is 850. The summed E-state index contributed by atoms with van der Waals surface area (Å²) in [4.78, 5) is 35.6. The van der Waals surface area contributed by atoms with E-state index in [2.05, 4.69) is 5.32 Å². The molecule has 2 N–H and O–H groups in total. The molecule has 0 spiro atoms. The minimum absolute atomic E-state index is 0.111. The number of aryl methyl sites for hydroxylation is 1. The molecule has 2 atom stereocenters. The van der Waals surface area contributed by atoms with Crippen LogP contribution in [-0.4, -0.2) is 35.8 Å². The number of benzene rings is 2. The van der Waals surface area contributed by atoms with E-state index in [0.29, 0.717) is 19.3 Å². The van der Waals surface area contributed by atoms with Gasteiger partial charge < -0.3 is 19.9 Å². The van der Waals surface area contributed by atoms with Gasteiger partial charge in [-0.3, -0.25) is 0 Å². The predicted octanol–water partition coefficient (Wildman–Crippen LogP) is 4.20. The molecule has 0 unspecified atom stereocenters. The number of carbonyl (C=O) groups is 3. The van der Waals surface area contributed by atoms with Crippen molar-refractivity contribution >= 4 is 18.0 Å². The lowest BCUT2D eigenvalue weighted by Gasteiger charge is -2.22. The van der Waals surface area contributed by atoms with Gasteiger partial charge in [0.25, 0.3) is 0 Å². The van der Waals surface area contributed by atoms with Crippen molar-refractivity contribution in [1.29, 1.82) is 0 Å². The van der Waals surface area contributed by atoms with Gasteiger partial charge in [0.1, 0.15) is 12.6 Å². The third-order valence-electron chi connectivity index (χ3n) is 5.01. The Hall–Kier alpha value is -3.35. The van der Waals surface area contributed by atoms with Crippen LogP contribution in [0.5, 0.6) is 0 Å². The number of amides is 1. The molecule has 1 amide bonds. The Morgan fingerprint density at radius 1 is 0.968 bits per heavy atom. The monoisotopic (exact) mass is 427 g/mol. The van der Waals surface area contributed by atoms with Gasteiger partial charge in [0.15, 0.2) is 0 Å². The van der Waals surface area contributed by atoms with Crippen molar-refractivity contribution < 1.29 is 29.0 Å². The molecule has 0 radical (unpaired) electrons. The molecule has 0 aliphatic rings. The fourth-order valence-corrected chi connectivity index (χ4v) is 2.91. The largest absolute Gasteiger partial charge is 0.478 e. The van der Waals surface area contributed by atoms with Crippen LogP contribution in [0.15, 0.2) is 54.6 Å². The smallest absolute Gasteiger partial charge is 0.408 e. The van der Waals surface area contributed by atoms with E-state index < -0.39 is 24.1 Å². The van der Waals surface area contributed by atoms with Crippen LogP contribution in [0, 0.1) is 5.92 Å². The molecule has 7 heteroatoms. The summed E-state index contributed by atoms with van der Waals surface area (Å²) in [6.45, 7) is 4.12. The number of carboxylic acids is 1. The number of ether oxygens (including phenoxy) is 2. The molecule has 0 saturated carbocycles. The first-order valence-electron chi connectivity index (χ1n) is 10.4. The first-order chi connectivity index (χ1) is 14.9. The highest BCUT2D eigenvalue weighted by Gasteiger charge is 2.28. The molecule has 0 fully saturated rings. The molecule has 0 bridgehead atoms. The second-order valence-corrected chi connectivity index (χ2v) is 7.34. The molecule has 7 nitrogen and oxygen atoms in total. The number of rotatable bonds is 11. The average Bonchev–Trinajstić information content (AvgIpc) is 2.79. The van der Waals surface area contributed by atoms with Gasteiger partial charge in [-0.25, -0.2) is 14.4 Å². The zero-order chi connectivity index (χ0) is 22.6. The summed E-state index contributed by atoms with van der Waals surface area (Å²) in [5.74, 6) is -1.57. The highest BCUT2D eigenvalue weighted by molar-refractivity contribution is 5.87. The summed E-state index contributed by atoms with van der Waals surface area (Å²) in [7, 11) is 0. The molecule has 0 aliphatic carbocycles. The van der Waals surface area contributed by atoms with E-state index >= 15 is 0 Å². The quantitative estimate of drug-likeness (QED) is 0.412. The van der Waals surface area contributed by atoms with E-state index in [1.54, 1.807) is 24.3 Å². The third kappa shape index (κ3) is 8.12. The number of nitrogens with one attached hydrogen (secondary N) is 1. The standard InChI is InChI=1S/C24H29NO6/c1-3-17(2)21(25-24(29)31-16-19-8-5-4-6-9-19)23(28)30-15-7-10-18-11-13-20(14-12-18)22(26)27/h4-6,8-9,11-14,17,21H,3,7,10,15-16H2,1-2H3,(H,25,29)(H,26,27)/t17-,21-/m0/s1. The summed E-state index contributed by atoms with van der Waals surface area (Å²) in [5, 5.41) is 11.5. The van der Waals surface area contributed by atoms with Gasteiger partial charge >= 0.3 is 18.0 Å². The summed E-state index contributed by atoms with van der Waals surface area (Å²) < 4.78 is 10.6. The second kappa shape index (κ2) is 12.4. The van der Waals surface area contributed by atoms with Gasteiger partial charge in [-0.1, -0.05) is 62.7 Å². The molecule has 166 valence electrons. The van der Waals surface area contributed by atoms with Crippen molar-refractivity contribution in [2.24, 2.45) is 5.92 Å². The van der Waals surface area contributed by atoms with E-state index in [1.165, 1.54) is 0 Å². The highest BCUT2D eigenvalue weighted by atomic mass is 16.6. The zero-order valence-electron chi connectivity index (χ0n) is 17.9. The normalized spacial score (nSPS) is 12.5. The van der Waals surface area contributed by atoms with Crippen molar-refractivity contribution in [3.63, 3.8) is 0 Å². The maximum absolute atomic E-state index is 12.5. The maximum Gasteiger partial charge on any atom is 0.408 e. The molecule has 0 heterocycles. The van der Waals surface area contributed by atoms with Crippen LogP contribution in [-0.2, 0) is 27.3 Å². The number of esters is 1. The number of hydrogen-bond acceptors (Lipinski definition) is 5. The summed E-state index contributed by atoms with van der Waals surface area (Å²) in [6, 6.07) is 15.1. The van der Waals surface area contributed by atoms with Crippen LogP contribution in [0.4, 0.5) is 4.79 Å². The summed E-state index contributed by atoms with van der Waals surface area (Å²) >= 11 is 0. The zero-order valence-corrected chi connectivity index (χ0v) is 17.9. The van der Waals surface area contributed by atoms with E-state index in [9.17, 15) is 14.4 Å². The van der Waals surface area contributed by atoms with Crippen molar-refractivity contribution in [2.45, 2.75) is 45.8 Å². The lowest BCUT2D eigenvalue weighted by molar-refractivity contribution is -0.147. The fraction of sp³-hybridized carbons (Fsp3) is 0.375. The van der Waals surface area contributed by atoms with E-state index in [0.717, 1.165) is 11.1 Å². The Balaban J connectivity index is 1.79.